The molecule has 12 heteroatoms. The second-order valence-corrected chi connectivity index (χ2v) is 17.4. The van der Waals surface area contributed by atoms with Crippen LogP contribution in [0.4, 0.5) is 11.4 Å². The third-order valence-electron chi connectivity index (χ3n) is 12.8. The largest absolute Gasteiger partial charge is 0.496 e. The van der Waals surface area contributed by atoms with Crippen molar-refractivity contribution >= 4 is 47.2 Å². The number of methoxy groups -OCH3 is 5. The molecule has 6 aromatic rings. The molecule has 12 nitrogen and oxygen atoms in total. The minimum absolute atomic E-state index is 0.0249. The van der Waals surface area contributed by atoms with Crippen molar-refractivity contribution in [2.45, 2.75) is 33.7 Å². The van der Waals surface area contributed by atoms with Crippen LogP contribution in [-0.2, 0) is 29.4 Å². The minimum atomic E-state index is -0.257. The Morgan fingerprint density at radius 3 is 1.25 bits per heavy atom. The van der Waals surface area contributed by atoms with E-state index in [4.69, 9.17) is 23.7 Å². The van der Waals surface area contributed by atoms with E-state index in [0.717, 1.165) is 44.9 Å². The van der Waals surface area contributed by atoms with Crippen LogP contribution in [0, 0.1) is 13.8 Å². The number of benzene rings is 6. The van der Waals surface area contributed by atoms with Crippen LogP contribution >= 0.6 is 0 Å². The van der Waals surface area contributed by atoms with Crippen molar-refractivity contribution in [3.8, 4) is 28.7 Å². The van der Waals surface area contributed by atoms with E-state index in [1.54, 1.807) is 40.6 Å². The molecular formula is C60H62N2O10. The monoisotopic (exact) mass is 970 g/mol. The number of carbonyl (C=O) groups is 2. The maximum absolute atomic E-state index is 13.8. The van der Waals surface area contributed by atoms with Gasteiger partial charge in [0.2, 0.25) is 0 Å². The number of rotatable bonds is 14. The van der Waals surface area contributed by atoms with Gasteiger partial charge in [0, 0.05) is 76.5 Å². The molecule has 0 aliphatic carbocycles. The number of ether oxygens (including phenoxy) is 5. The molecule has 0 bridgehead atoms. The fraction of sp³-hybridized carbons (Fsp3) is 0.233. The first-order valence-electron chi connectivity index (χ1n) is 23.5. The van der Waals surface area contributed by atoms with Crippen LogP contribution in [-0.4, -0.2) is 88.6 Å². The van der Waals surface area contributed by atoms with Gasteiger partial charge in [-0.3, -0.25) is 9.59 Å². The maximum Gasteiger partial charge on any atom is 0.188 e. The first-order chi connectivity index (χ1) is 34.9. The number of anilines is 2. The van der Waals surface area contributed by atoms with Crippen LogP contribution in [0.2, 0.25) is 0 Å². The van der Waals surface area contributed by atoms with Gasteiger partial charge in [-0.2, -0.15) is 0 Å². The first kappa shape index (κ1) is 51.9. The lowest BCUT2D eigenvalue weighted by Crippen LogP contribution is -2.37. The molecule has 3 N–H and O–H groups in total. The summed E-state index contributed by atoms with van der Waals surface area (Å²) in [6.45, 7) is 5.18. The van der Waals surface area contributed by atoms with E-state index in [2.05, 4.69) is 21.9 Å². The smallest absolute Gasteiger partial charge is 0.188 e. The molecule has 0 amide bonds. The standard InChI is InChI=1S/C31H33NO6.C29H29NO4/c1-20-28(36-2)13-22(14-29(20)37-3)11-24-17-32(26-8-6-5-7-9-26)16-23(31(24)35)10-21-12-25(18-33)27(19-34)30(15-21)38-4;1-20-9-10-21(15-27(20)33-2)13-24-17-30(26-7-5-4-6-8-26)18-25(29(24)32)14-22-11-12-23(19-31)28(16-22)34-3/h5-15,33-34H,16-19H2,1-4H3;4-16,31H,17-19H2,1-3H3/b23-10+,24-11+;24-13+,25-14+. The molecule has 2 fully saturated rings. The van der Waals surface area contributed by atoms with E-state index in [-0.39, 0.29) is 31.4 Å². The zero-order valence-corrected chi connectivity index (χ0v) is 41.9. The van der Waals surface area contributed by atoms with Crippen LogP contribution in [0.3, 0.4) is 0 Å². The average Bonchev–Trinajstić information content (AvgIpc) is 3.41. The molecule has 8 rings (SSSR count). The lowest BCUT2D eigenvalue weighted by molar-refractivity contribution is -0.113. The Kier molecular flexibility index (Phi) is 17.5. The van der Waals surface area contributed by atoms with Crippen molar-refractivity contribution in [3.05, 3.63) is 194 Å². The number of hydrogen-bond donors (Lipinski definition) is 3. The van der Waals surface area contributed by atoms with Crippen molar-refractivity contribution in [3.63, 3.8) is 0 Å². The Bertz CT molecular complexity index is 2980. The molecule has 2 saturated heterocycles. The fourth-order valence-corrected chi connectivity index (χ4v) is 8.94. The zero-order valence-electron chi connectivity index (χ0n) is 41.9. The summed E-state index contributed by atoms with van der Waals surface area (Å²) in [6, 6.07) is 38.9. The van der Waals surface area contributed by atoms with Gasteiger partial charge < -0.3 is 48.8 Å². The summed E-state index contributed by atoms with van der Waals surface area (Å²) in [5.74, 6) is 3.18. The molecule has 0 aromatic heterocycles. The van der Waals surface area contributed by atoms with Gasteiger partial charge in [0.05, 0.1) is 55.4 Å². The lowest BCUT2D eigenvalue weighted by atomic mass is 9.92. The Hall–Kier alpha value is -7.90. The number of Topliss-reactive ketones (excluding diaryl/α,β-unsaturated/α-hetero) is 2. The third-order valence-corrected chi connectivity index (χ3v) is 12.8. The van der Waals surface area contributed by atoms with Crippen LogP contribution in [0.25, 0.3) is 24.3 Å². The molecule has 0 unspecified atom stereocenters. The molecular weight excluding hydrogens is 909 g/mol. The number of aliphatic hydroxyl groups excluding tert-OH is 3. The van der Waals surface area contributed by atoms with Gasteiger partial charge in [0.25, 0.3) is 0 Å². The summed E-state index contributed by atoms with van der Waals surface area (Å²) in [6.07, 6.45) is 7.56. The third kappa shape index (κ3) is 12.2. The predicted molar refractivity (Wildman–Crippen MR) is 285 cm³/mol. The minimum Gasteiger partial charge on any atom is -0.496 e. The van der Waals surface area contributed by atoms with E-state index in [1.807, 2.05) is 135 Å². The van der Waals surface area contributed by atoms with Crippen molar-refractivity contribution in [1.29, 1.82) is 0 Å². The molecule has 0 radical (unpaired) electrons. The Morgan fingerprint density at radius 1 is 0.431 bits per heavy atom. The number of ketones is 2. The molecule has 2 heterocycles. The number of piperidine rings is 2. The molecule has 2 aliphatic rings. The summed E-state index contributed by atoms with van der Waals surface area (Å²) in [7, 11) is 7.96. The van der Waals surface area contributed by atoms with E-state index >= 15 is 0 Å². The number of aryl methyl sites for hydroxylation is 1. The molecule has 0 saturated carbocycles. The fourth-order valence-electron chi connectivity index (χ4n) is 8.94. The zero-order chi connectivity index (χ0) is 51.3. The number of carbonyl (C=O) groups excluding carboxylic acids is 2. The summed E-state index contributed by atoms with van der Waals surface area (Å²) in [5, 5.41) is 29.1. The highest BCUT2D eigenvalue weighted by molar-refractivity contribution is 6.16. The van der Waals surface area contributed by atoms with Crippen molar-refractivity contribution in [2.24, 2.45) is 0 Å². The predicted octanol–water partition coefficient (Wildman–Crippen LogP) is 9.62. The number of nitrogens with zero attached hydrogens (tertiary/aromatic N) is 2. The number of hydrogen-bond acceptors (Lipinski definition) is 12. The van der Waals surface area contributed by atoms with Crippen LogP contribution in [0.1, 0.15) is 50.1 Å². The molecule has 372 valence electrons. The highest BCUT2D eigenvalue weighted by atomic mass is 16.5. The molecule has 6 aromatic carbocycles. The van der Waals surface area contributed by atoms with Gasteiger partial charge in [0.1, 0.15) is 28.7 Å². The second-order valence-electron chi connectivity index (χ2n) is 17.4. The second kappa shape index (κ2) is 24.3. The molecule has 2 aliphatic heterocycles. The van der Waals surface area contributed by atoms with Gasteiger partial charge in [0.15, 0.2) is 11.6 Å². The van der Waals surface area contributed by atoms with E-state index < -0.39 is 0 Å². The lowest BCUT2D eigenvalue weighted by Gasteiger charge is -2.32. The van der Waals surface area contributed by atoms with Gasteiger partial charge >= 0.3 is 0 Å². The van der Waals surface area contributed by atoms with Gasteiger partial charge in [-0.05, 0) is 132 Å². The van der Waals surface area contributed by atoms with Gasteiger partial charge in [-0.15, -0.1) is 0 Å². The summed E-state index contributed by atoms with van der Waals surface area (Å²) < 4.78 is 27.4. The molecule has 0 spiro atoms. The maximum atomic E-state index is 13.8. The Morgan fingerprint density at radius 2 is 0.819 bits per heavy atom. The number of para-hydroxylation sites is 2. The van der Waals surface area contributed by atoms with E-state index in [1.165, 1.54) is 7.11 Å². The number of aliphatic hydroxyl groups is 3. The summed E-state index contributed by atoms with van der Waals surface area (Å²) >= 11 is 0. The normalized spacial score (nSPS) is 16.0. The van der Waals surface area contributed by atoms with Crippen molar-refractivity contribution < 1.29 is 48.6 Å². The molecule has 0 atom stereocenters. The quantitative estimate of drug-likeness (QED) is 0.0894. The van der Waals surface area contributed by atoms with E-state index in [0.29, 0.717) is 93.7 Å². The van der Waals surface area contributed by atoms with Crippen molar-refractivity contribution in [1.82, 2.24) is 0 Å². The van der Waals surface area contributed by atoms with Gasteiger partial charge in [-0.25, -0.2) is 0 Å². The summed E-state index contributed by atoms with van der Waals surface area (Å²) in [5.41, 5.74) is 11.7. The van der Waals surface area contributed by atoms with E-state index in [9.17, 15) is 24.9 Å². The van der Waals surface area contributed by atoms with Crippen LogP contribution in [0.5, 0.6) is 28.7 Å². The van der Waals surface area contributed by atoms with Crippen LogP contribution in [0.15, 0.2) is 144 Å². The topological polar surface area (TPSA) is 147 Å². The Balaban J connectivity index is 0.000000213. The first-order valence-corrected chi connectivity index (χ1v) is 23.5. The summed E-state index contributed by atoms with van der Waals surface area (Å²) in [4.78, 5) is 31.7. The average molecular weight is 971 g/mol. The highest BCUT2D eigenvalue weighted by Gasteiger charge is 2.28. The molecule has 72 heavy (non-hydrogen) atoms. The SMILES string of the molecule is COc1cc(/C=C2\CN(c3ccccc3)C/C(=C\c3cc(CO)c(CO)c(OC)c3)C2=O)cc(OC)c1C.COc1cc(/C=C2\CN(c3ccccc3)C/C(=C\c3ccc(CO)c(OC)c3)C2=O)ccc1C. The van der Waals surface area contributed by atoms with Crippen LogP contribution < -0.4 is 33.5 Å². The van der Waals surface area contributed by atoms with Gasteiger partial charge in [-0.1, -0.05) is 60.7 Å². The highest BCUT2D eigenvalue weighted by Crippen LogP contribution is 2.34. The van der Waals surface area contributed by atoms with Crippen molar-refractivity contribution in [2.75, 3.05) is 71.5 Å². The Labute approximate surface area is 422 Å².